The molecule has 2 rings (SSSR count). The van der Waals surface area contributed by atoms with E-state index in [-0.39, 0.29) is 23.1 Å². The number of rotatable bonds is 4. The number of anilines is 2. The number of hydrogen-bond acceptors (Lipinski definition) is 4. The van der Waals surface area contributed by atoms with Crippen molar-refractivity contribution >= 4 is 23.2 Å². The van der Waals surface area contributed by atoms with Crippen LogP contribution in [0.15, 0.2) is 29.1 Å². The minimum absolute atomic E-state index is 0.0135. The normalized spacial score (nSPS) is 10.5. The van der Waals surface area contributed by atoms with Crippen molar-refractivity contribution in [1.29, 1.82) is 0 Å². The van der Waals surface area contributed by atoms with Gasteiger partial charge in [0, 0.05) is 18.9 Å². The molecule has 0 atom stereocenters. The summed E-state index contributed by atoms with van der Waals surface area (Å²) in [4.78, 5) is 18.1. The zero-order valence-corrected chi connectivity index (χ0v) is 10.8. The number of methoxy groups -OCH3 is 1. The third kappa shape index (κ3) is 3.52. The molecular weight excluding hydrogens is 273 g/mol. The molecule has 0 radical (unpaired) electrons. The first kappa shape index (κ1) is 13.5. The van der Waals surface area contributed by atoms with E-state index in [0.29, 0.717) is 11.4 Å². The molecule has 0 aliphatic heterocycles. The first-order valence-corrected chi connectivity index (χ1v) is 5.77. The zero-order valence-electron chi connectivity index (χ0n) is 10.0. The van der Waals surface area contributed by atoms with E-state index >= 15 is 0 Å². The maximum Gasteiger partial charge on any atom is 0.252 e. The molecule has 0 aliphatic rings. The zero-order chi connectivity index (χ0) is 13.8. The van der Waals surface area contributed by atoms with Gasteiger partial charge in [0.1, 0.15) is 5.82 Å². The van der Waals surface area contributed by atoms with E-state index in [1.165, 1.54) is 31.4 Å². The molecule has 7 heteroatoms. The van der Waals surface area contributed by atoms with Crippen LogP contribution in [0.3, 0.4) is 0 Å². The van der Waals surface area contributed by atoms with Gasteiger partial charge in [-0.2, -0.15) is 0 Å². The standard InChI is InChI=1S/C12H11ClFN3O2/c1-19-6-8-5-11(18)17-12(16-8)15-7-2-3-10(14)9(13)4-7/h2-5H,6H2,1H3,(H2,15,16,17,18). The quantitative estimate of drug-likeness (QED) is 0.904. The third-order valence-corrected chi connectivity index (χ3v) is 2.56. The summed E-state index contributed by atoms with van der Waals surface area (Å²) in [5.74, 6) is -0.274. The smallest absolute Gasteiger partial charge is 0.252 e. The van der Waals surface area contributed by atoms with Gasteiger partial charge in [0.25, 0.3) is 5.56 Å². The topological polar surface area (TPSA) is 67.0 Å². The lowest BCUT2D eigenvalue weighted by Gasteiger charge is -2.07. The van der Waals surface area contributed by atoms with Crippen LogP contribution in [0.2, 0.25) is 5.02 Å². The number of halogens is 2. The van der Waals surface area contributed by atoms with Crippen LogP contribution in [-0.2, 0) is 11.3 Å². The average molecular weight is 284 g/mol. The minimum Gasteiger partial charge on any atom is -0.378 e. The minimum atomic E-state index is -0.512. The van der Waals surface area contributed by atoms with Crippen LogP contribution in [0, 0.1) is 5.82 Å². The summed E-state index contributed by atoms with van der Waals surface area (Å²) >= 11 is 5.66. The lowest BCUT2D eigenvalue weighted by Crippen LogP contribution is -2.12. The molecule has 2 aromatic rings. The van der Waals surface area contributed by atoms with E-state index < -0.39 is 5.82 Å². The van der Waals surface area contributed by atoms with E-state index in [4.69, 9.17) is 16.3 Å². The molecule has 1 aromatic heterocycles. The number of hydrogen-bond donors (Lipinski definition) is 2. The summed E-state index contributed by atoms with van der Waals surface area (Å²) in [6, 6.07) is 5.46. The molecule has 0 saturated carbocycles. The summed E-state index contributed by atoms with van der Waals surface area (Å²) in [5, 5.41) is 2.82. The average Bonchev–Trinajstić information content (AvgIpc) is 2.33. The Morgan fingerprint density at radius 3 is 2.95 bits per heavy atom. The molecule has 0 unspecified atom stereocenters. The summed E-state index contributed by atoms with van der Waals surface area (Å²) in [6.07, 6.45) is 0. The van der Waals surface area contributed by atoms with Gasteiger partial charge in [0.15, 0.2) is 0 Å². The molecular formula is C12H11ClFN3O2. The molecule has 2 N–H and O–H groups in total. The highest BCUT2D eigenvalue weighted by molar-refractivity contribution is 6.31. The van der Waals surface area contributed by atoms with Gasteiger partial charge in [-0.3, -0.25) is 9.78 Å². The highest BCUT2D eigenvalue weighted by Gasteiger charge is 2.04. The lowest BCUT2D eigenvalue weighted by molar-refractivity contribution is 0.181. The van der Waals surface area contributed by atoms with Crippen LogP contribution in [0.4, 0.5) is 16.0 Å². The Morgan fingerprint density at radius 1 is 1.47 bits per heavy atom. The monoisotopic (exact) mass is 283 g/mol. The number of aromatic nitrogens is 2. The number of aromatic amines is 1. The van der Waals surface area contributed by atoms with Gasteiger partial charge >= 0.3 is 0 Å². The Labute approximate surface area is 113 Å². The van der Waals surface area contributed by atoms with Gasteiger partial charge in [-0.25, -0.2) is 9.37 Å². The van der Waals surface area contributed by atoms with Crippen molar-refractivity contribution in [1.82, 2.24) is 9.97 Å². The number of benzene rings is 1. The van der Waals surface area contributed by atoms with Crippen LogP contribution >= 0.6 is 11.6 Å². The van der Waals surface area contributed by atoms with Crippen molar-refractivity contribution in [3.8, 4) is 0 Å². The van der Waals surface area contributed by atoms with Crippen molar-refractivity contribution in [2.24, 2.45) is 0 Å². The van der Waals surface area contributed by atoms with Crippen LogP contribution in [0.1, 0.15) is 5.69 Å². The molecule has 0 bridgehead atoms. The van der Waals surface area contributed by atoms with E-state index in [2.05, 4.69) is 15.3 Å². The van der Waals surface area contributed by atoms with Gasteiger partial charge < -0.3 is 10.1 Å². The Balaban J connectivity index is 2.27. The number of nitrogens with one attached hydrogen (secondary N) is 2. The van der Waals surface area contributed by atoms with Crippen LogP contribution in [0.25, 0.3) is 0 Å². The summed E-state index contributed by atoms with van der Waals surface area (Å²) in [6.45, 7) is 0.225. The number of ether oxygens (including phenoxy) is 1. The van der Waals surface area contributed by atoms with Gasteiger partial charge in [0.2, 0.25) is 5.95 Å². The number of nitrogens with zero attached hydrogens (tertiary/aromatic N) is 1. The maximum atomic E-state index is 13.0. The molecule has 0 aliphatic carbocycles. The summed E-state index contributed by atoms with van der Waals surface area (Å²) in [7, 11) is 1.51. The first-order valence-electron chi connectivity index (χ1n) is 5.40. The van der Waals surface area contributed by atoms with Crippen molar-refractivity contribution in [3.05, 3.63) is 51.2 Å². The Hall–Kier alpha value is -1.92. The predicted molar refractivity (Wildman–Crippen MR) is 70.3 cm³/mol. The maximum absolute atomic E-state index is 13.0. The highest BCUT2D eigenvalue weighted by Crippen LogP contribution is 2.21. The second-order valence-electron chi connectivity index (χ2n) is 3.77. The van der Waals surface area contributed by atoms with E-state index in [1.54, 1.807) is 0 Å². The SMILES string of the molecule is COCc1cc(=O)[nH]c(Nc2ccc(F)c(Cl)c2)n1. The van der Waals surface area contributed by atoms with Crippen molar-refractivity contribution < 1.29 is 9.13 Å². The largest absolute Gasteiger partial charge is 0.378 e. The van der Waals surface area contributed by atoms with Gasteiger partial charge in [-0.1, -0.05) is 11.6 Å². The van der Waals surface area contributed by atoms with Crippen LogP contribution < -0.4 is 10.9 Å². The Bertz CT molecular complexity index is 645. The summed E-state index contributed by atoms with van der Waals surface area (Å²) in [5.41, 5.74) is 0.698. The highest BCUT2D eigenvalue weighted by atomic mass is 35.5. The predicted octanol–water partition coefficient (Wildman–Crippen LogP) is 2.45. The van der Waals surface area contributed by atoms with Crippen LogP contribution in [-0.4, -0.2) is 17.1 Å². The van der Waals surface area contributed by atoms with Crippen molar-refractivity contribution in [3.63, 3.8) is 0 Å². The van der Waals surface area contributed by atoms with E-state index in [1.807, 2.05) is 0 Å². The molecule has 100 valence electrons. The fraction of sp³-hybridized carbons (Fsp3) is 0.167. The second kappa shape index (κ2) is 5.81. The molecule has 1 aromatic carbocycles. The second-order valence-corrected chi connectivity index (χ2v) is 4.18. The van der Waals surface area contributed by atoms with Crippen molar-refractivity contribution in [2.45, 2.75) is 6.61 Å². The molecule has 19 heavy (non-hydrogen) atoms. The fourth-order valence-electron chi connectivity index (χ4n) is 1.50. The van der Waals surface area contributed by atoms with Crippen molar-refractivity contribution in [2.75, 3.05) is 12.4 Å². The number of H-pyrrole nitrogens is 1. The molecule has 0 fully saturated rings. The van der Waals surface area contributed by atoms with E-state index in [0.717, 1.165) is 0 Å². The Kier molecular flexibility index (Phi) is 4.13. The first-order chi connectivity index (χ1) is 9.08. The third-order valence-electron chi connectivity index (χ3n) is 2.27. The van der Waals surface area contributed by atoms with Gasteiger partial charge in [-0.15, -0.1) is 0 Å². The van der Waals surface area contributed by atoms with Gasteiger partial charge in [0.05, 0.1) is 17.3 Å². The molecule has 0 spiro atoms. The molecule has 1 heterocycles. The summed E-state index contributed by atoms with van der Waals surface area (Å²) < 4.78 is 17.9. The fourth-order valence-corrected chi connectivity index (χ4v) is 1.68. The van der Waals surface area contributed by atoms with Crippen LogP contribution in [0.5, 0.6) is 0 Å². The molecule has 5 nitrogen and oxygen atoms in total. The molecule has 0 amide bonds. The Morgan fingerprint density at radius 2 is 2.26 bits per heavy atom. The molecule has 0 saturated heterocycles. The lowest BCUT2D eigenvalue weighted by atomic mass is 10.3. The van der Waals surface area contributed by atoms with Gasteiger partial charge in [-0.05, 0) is 18.2 Å². The van der Waals surface area contributed by atoms with E-state index in [9.17, 15) is 9.18 Å².